The number of carboxylic acids is 1. The zero-order valence-electron chi connectivity index (χ0n) is 9.48. The lowest BCUT2D eigenvalue weighted by atomic mass is 9.77. The first-order chi connectivity index (χ1) is 8.20. The van der Waals surface area contributed by atoms with Gasteiger partial charge < -0.3 is 9.63 Å². The lowest BCUT2D eigenvalue weighted by Crippen LogP contribution is -2.56. The molecule has 2 N–H and O–H groups in total. The van der Waals surface area contributed by atoms with Gasteiger partial charge in [-0.15, -0.1) is 0 Å². The fraction of sp³-hybridized carbons (Fsp3) is 0.727. The van der Waals surface area contributed by atoms with E-state index in [0.717, 1.165) is 25.1 Å². The molecule has 17 heavy (non-hydrogen) atoms. The molecule has 0 spiro atoms. The molecule has 2 fully saturated rings. The van der Waals surface area contributed by atoms with Crippen molar-refractivity contribution in [3.63, 3.8) is 0 Å². The maximum atomic E-state index is 11.1. The van der Waals surface area contributed by atoms with Crippen LogP contribution in [0, 0.1) is 0 Å². The summed E-state index contributed by atoms with van der Waals surface area (Å²) >= 11 is 0. The van der Waals surface area contributed by atoms with E-state index in [-0.39, 0.29) is 0 Å². The van der Waals surface area contributed by atoms with Gasteiger partial charge in [0.15, 0.2) is 5.82 Å². The summed E-state index contributed by atoms with van der Waals surface area (Å²) in [6.07, 6.45) is 4.56. The Bertz CT molecular complexity index is 435. The van der Waals surface area contributed by atoms with Gasteiger partial charge in [0.2, 0.25) is 5.89 Å². The number of carboxylic acid groups (broad SMARTS) is 1. The third kappa shape index (κ3) is 1.93. The van der Waals surface area contributed by atoms with Crippen LogP contribution in [0.3, 0.4) is 0 Å². The summed E-state index contributed by atoms with van der Waals surface area (Å²) in [5, 5.41) is 16.1. The molecule has 2 saturated carbocycles. The van der Waals surface area contributed by atoms with E-state index >= 15 is 0 Å². The highest BCUT2D eigenvalue weighted by Gasteiger charge is 2.44. The van der Waals surface area contributed by atoms with Gasteiger partial charge in [0.25, 0.3) is 0 Å². The van der Waals surface area contributed by atoms with Gasteiger partial charge in [-0.2, -0.15) is 4.98 Å². The monoisotopic (exact) mass is 237 g/mol. The number of aromatic nitrogens is 2. The average Bonchev–Trinajstić information content (AvgIpc) is 2.97. The zero-order chi connectivity index (χ0) is 11.9. The standard InChI is InChI=1S/C11H15N3O3/c15-10(16)11(4-1-5-11)12-6-8-13-9(14-17-8)7-2-3-7/h7,12H,1-6H2,(H,15,16). The molecule has 0 bridgehead atoms. The van der Waals surface area contributed by atoms with Gasteiger partial charge in [-0.25, -0.2) is 0 Å². The molecule has 0 unspecified atom stereocenters. The van der Waals surface area contributed by atoms with Gasteiger partial charge in [0, 0.05) is 5.92 Å². The van der Waals surface area contributed by atoms with Gasteiger partial charge in [-0.3, -0.25) is 10.1 Å². The van der Waals surface area contributed by atoms with Crippen LogP contribution >= 0.6 is 0 Å². The summed E-state index contributed by atoms with van der Waals surface area (Å²) in [6.45, 7) is 0.339. The first kappa shape index (κ1) is 10.7. The minimum absolute atomic E-state index is 0.339. The van der Waals surface area contributed by atoms with Crippen molar-refractivity contribution >= 4 is 5.97 Å². The summed E-state index contributed by atoms with van der Waals surface area (Å²) < 4.78 is 5.09. The predicted molar refractivity (Wildman–Crippen MR) is 57.3 cm³/mol. The number of hydrogen-bond acceptors (Lipinski definition) is 5. The normalized spacial score (nSPS) is 22.1. The highest BCUT2D eigenvalue weighted by molar-refractivity contribution is 5.79. The van der Waals surface area contributed by atoms with Gasteiger partial charge in [-0.05, 0) is 32.1 Å². The Balaban J connectivity index is 1.60. The van der Waals surface area contributed by atoms with Gasteiger partial charge in [-0.1, -0.05) is 5.16 Å². The molecule has 0 aliphatic heterocycles. The lowest BCUT2D eigenvalue weighted by Gasteiger charge is -2.38. The Labute approximate surface area is 98.4 Å². The maximum Gasteiger partial charge on any atom is 0.323 e. The molecule has 0 atom stereocenters. The van der Waals surface area contributed by atoms with Crippen molar-refractivity contribution in [2.75, 3.05) is 0 Å². The van der Waals surface area contributed by atoms with Crippen LogP contribution in [-0.4, -0.2) is 26.8 Å². The van der Waals surface area contributed by atoms with Crippen LogP contribution in [0.25, 0.3) is 0 Å². The molecular formula is C11H15N3O3. The molecule has 2 aliphatic rings. The van der Waals surface area contributed by atoms with Crippen LogP contribution in [0.4, 0.5) is 0 Å². The second-order valence-corrected chi connectivity index (χ2v) is 4.91. The van der Waals surface area contributed by atoms with Gasteiger partial charge in [0.1, 0.15) is 5.54 Å². The van der Waals surface area contributed by atoms with Crippen molar-refractivity contribution in [3.05, 3.63) is 11.7 Å². The molecule has 0 aromatic carbocycles. The van der Waals surface area contributed by atoms with Crippen molar-refractivity contribution in [1.82, 2.24) is 15.5 Å². The van der Waals surface area contributed by atoms with E-state index in [1.807, 2.05) is 0 Å². The smallest absolute Gasteiger partial charge is 0.323 e. The van der Waals surface area contributed by atoms with E-state index in [1.165, 1.54) is 0 Å². The van der Waals surface area contributed by atoms with Crippen LogP contribution in [0.2, 0.25) is 0 Å². The molecule has 1 aromatic rings. The van der Waals surface area contributed by atoms with E-state index in [2.05, 4.69) is 15.5 Å². The number of nitrogens with zero attached hydrogens (tertiary/aromatic N) is 2. The van der Waals surface area contributed by atoms with Crippen molar-refractivity contribution in [3.8, 4) is 0 Å². The summed E-state index contributed by atoms with van der Waals surface area (Å²) in [4.78, 5) is 15.4. The lowest BCUT2D eigenvalue weighted by molar-refractivity contribution is -0.149. The van der Waals surface area contributed by atoms with Crippen LogP contribution in [0.15, 0.2) is 4.52 Å². The van der Waals surface area contributed by atoms with Crippen LogP contribution in [0.5, 0.6) is 0 Å². The molecule has 6 nitrogen and oxygen atoms in total. The number of rotatable bonds is 5. The average molecular weight is 237 g/mol. The van der Waals surface area contributed by atoms with Crippen LogP contribution in [-0.2, 0) is 11.3 Å². The summed E-state index contributed by atoms with van der Waals surface area (Å²) in [6, 6.07) is 0. The van der Waals surface area contributed by atoms with Crippen molar-refractivity contribution in [2.24, 2.45) is 0 Å². The Kier molecular flexibility index (Phi) is 2.39. The van der Waals surface area contributed by atoms with Gasteiger partial charge in [0.05, 0.1) is 6.54 Å². The molecule has 0 amide bonds. The minimum atomic E-state index is -0.786. The molecule has 1 heterocycles. The number of aliphatic carboxylic acids is 1. The molecule has 3 rings (SSSR count). The Morgan fingerprint density at radius 2 is 2.29 bits per heavy atom. The molecule has 2 aliphatic carbocycles. The quantitative estimate of drug-likeness (QED) is 0.795. The third-order valence-corrected chi connectivity index (χ3v) is 3.62. The third-order valence-electron chi connectivity index (χ3n) is 3.62. The maximum absolute atomic E-state index is 11.1. The first-order valence-electron chi connectivity index (χ1n) is 6.00. The Morgan fingerprint density at radius 3 is 2.82 bits per heavy atom. The van der Waals surface area contributed by atoms with E-state index in [1.54, 1.807) is 0 Å². The molecular weight excluding hydrogens is 222 g/mol. The zero-order valence-corrected chi connectivity index (χ0v) is 9.48. The fourth-order valence-corrected chi connectivity index (χ4v) is 2.09. The van der Waals surface area contributed by atoms with Crippen LogP contribution < -0.4 is 5.32 Å². The van der Waals surface area contributed by atoms with E-state index in [4.69, 9.17) is 9.63 Å². The molecule has 0 saturated heterocycles. The number of carbonyl (C=O) groups is 1. The highest BCUT2D eigenvalue weighted by atomic mass is 16.5. The van der Waals surface area contributed by atoms with E-state index < -0.39 is 11.5 Å². The second kappa shape index (κ2) is 3.80. The second-order valence-electron chi connectivity index (χ2n) is 4.91. The van der Waals surface area contributed by atoms with Crippen molar-refractivity contribution in [2.45, 2.75) is 50.1 Å². The highest BCUT2D eigenvalue weighted by Crippen LogP contribution is 2.38. The predicted octanol–water partition coefficient (Wildman–Crippen LogP) is 1.04. The summed E-state index contributed by atoms with van der Waals surface area (Å²) in [5.41, 5.74) is -0.770. The largest absolute Gasteiger partial charge is 0.480 e. The molecule has 6 heteroatoms. The molecule has 1 aromatic heterocycles. The number of nitrogens with one attached hydrogen (secondary N) is 1. The Morgan fingerprint density at radius 1 is 1.53 bits per heavy atom. The molecule has 92 valence electrons. The summed E-state index contributed by atoms with van der Waals surface area (Å²) in [7, 11) is 0. The Hall–Kier alpha value is -1.43. The van der Waals surface area contributed by atoms with Crippen LogP contribution in [0.1, 0.15) is 49.7 Å². The number of hydrogen-bond donors (Lipinski definition) is 2. The van der Waals surface area contributed by atoms with Crippen molar-refractivity contribution < 1.29 is 14.4 Å². The SMILES string of the molecule is O=C(O)C1(NCc2nc(C3CC3)no2)CCC1. The summed E-state index contributed by atoms with van der Waals surface area (Å²) in [5.74, 6) is 0.925. The molecule has 0 radical (unpaired) electrons. The van der Waals surface area contributed by atoms with Gasteiger partial charge >= 0.3 is 5.97 Å². The first-order valence-corrected chi connectivity index (χ1v) is 6.00. The van der Waals surface area contributed by atoms with E-state index in [9.17, 15) is 4.79 Å². The minimum Gasteiger partial charge on any atom is -0.480 e. The fourth-order valence-electron chi connectivity index (χ4n) is 2.09. The van der Waals surface area contributed by atoms with Crippen molar-refractivity contribution in [1.29, 1.82) is 0 Å². The topological polar surface area (TPSA) is 88.2 Å². The van der Waals surface area contributed by atoms with E-state index in [0.29, 0.717) is 31.2 Å².